The van der Waals surface area contributed by atoms with Crippen molar-refractivity contribution in [2.45, 2.75) is 39.0 Å². The Morgan fingerprint density at radius 2 is 2.10 bits per heavy atom. The number of piperidine rings is 1. The molecule has 1 aliphatic rings. The van der Waals surface area contributed by atoms with Crippen molar-refractivity contribution in [2.75, 3.05) is 19.6 Å². The maximum absolute atomic E-state index is 11.9. The Morgan fingerprint density at radius 1 is 1.35 bits per heavy atom. The maximum Gasteiger partial charge on any atom is 0.252 e. The number of carbonyl (C=O) groups is 2. The number of aryl methyl sites for hydroxylation is 1. The van der Waals surface area contributed by atoms with Gasteiger partial charge in [-0.15, -0.1) is 11.3 Å². The first kappa shape index (κ1) is 15.0. The van der Waals surface area contributed by atoms with E-state index >= 15 is 0 Å². The second-order valence-electron chi connectivity index (χ2n) is 5.10. The molecule has 2 rings (SSSR count). The van der Waals surface area contributed by atoms with Gasteiger partial charge in [-0.1, -0.05) is 6.92 Å². The summed E-state index contributed by atoms with van der Waals surface area (Å²) in [5.41, 5.74) is 0.706. The number of carbonyl (C=O) groups excluding carboxylic acids is 2. The van der Waals surface area contributed by atoms with Crippen LogP contribution in [0.2, 0.25) is 0 Å². The topological polar surface area (TPSA) is 49.4 Å². The van der Waals surface area contributed by atoms with Gasteiger partial charge in [-0.05, 0) is 31.7 Å². The van der Waals surface area contributed by atoms with Crippen molar-refractivity contribution < 1.29 is 11.0 Å². The molecule has 4 nitrogen and oxygen atoms in total. The molecule has 2 amide bonds. The fourth-order valence-corrected chi connectivity index (χ4v) is 3.19. The predicted molar refractivity (Wildman–Crippen MR) is 83.2 cm³/mol. The number of amides is 2. The van der Waals surface area contributed by atoms with Crippen LogP contribution in [-0.4, -0.2) is 36.3 Å². The smallest absolute Gasteiger partial charge is 0.252 e. The molecular weight excluding hydrogens is 272 g/mol. The van der Waals surface area contributed by atoms with Gasteiger partial charge in [0.05, 0.1) is 5.56 Å². The molecular formula is C15H24N2O2S. The van der Waals surface area contributed by atoms with Gasteiger partial charge >= 0.3 is 0 Å². The molecule has 1 aliphatic heterocycles. The van der Waals surface area contributed by atoms with Gasteiger partial charge in [-0.2, -0.15) is 0 Å². The third-order valence-corrected chi connectivity index (χ3v) is 4.68. The molecule has 1 fully saturated rings. The molecule has 0 bridgehead atoms. The molecule has 112 valence electrons. The van der Waals surface area contributed by atoms with E-state index in [9.17, 15) is 9.59 Å². The number of likely N-dealkylation sites (tertiary alicyclic amines) is 1. The molecule has 0 atom stereocenters. The van der Waals surface area contributed by atoms with E-state index in [2.05, 4.69) is 12.2 Å². The van der Waals surface area contributed by atoms with Crippen LogP contribution in [0.1, 0.15) is 49.3 Å². The zero-order valence-corrected chi connectivity index (χ0v) is 12.8. The van der Waals surface area contributed by atoms with Crippen LogP contribution >= 0.6 is 11.3 Å². The number of nitrogens with one attached hydrogen (secondary N) is 1. The normalized spacial score (nSPS) is 15.2. The van der Waals surface area contributed by atoms with E-state index in [1.807, 2.05) is 16.3 Å². The Hall–Kier alpha value is -1.36. The Labute approximate surface area is 125 Å². The molecule has 1 N–H and O–H groups in total. The van der Waals surface area contributed by atoms with Gasteiger partial charge in [0.1, 0.15) is 0 Å². The highest BCUT2D eigenvalue weighted by Gasteiger charge is 2.16. The largest absolute Gasteiger partial charge is 0.351 e. The van der Waals surface area contributed by atoms with Crippen molar-refractivity contribution in [1.29, 1.82) is 0 Å². The van der Waals surface area contributed by atoms with Crippen molar-refractivity contribution in [3.05, 3.63) is 21.9 Å². The monoisotopic (exact) mass is 296 g/mol. The van der Waals surface area contributed by atoms with Gasteiger partial charge in [0.25, 0.3) is 5.91 Å². The van der Waals surface area contributed by atoms with Crippen molar-refractivity contribution in [2.24, 2.45) is 0 Å². The van der Waals surface area contributed by atoms with E-state index in [1.54, 1.807) is 11.3 Å². The second kappa shape index (κ2) is 7.43. The SMILES string of the molecule is CCc1cc(C(=O)NCCC(=O)N2CCCCC2)cs1.[HH]. The first-order valence-corrected chi connectivity index (χ1v) is 8.22. The maximum atomic E-state index is 11.9. The van der Waals surface area contributed by atoms with Crippen LogP contribution in [0, 0.1) is 0 Å². The summed E-state index contributed by atoms with van der Waals surface area (Å²) in [6.07, 6.45) is 4.78. The molecule has 1 aromatic rings. The molecule has 0 aliphatic carbocycles. The Balaban J connectivity index is 0.00000220. The highest BCUT2D eigenvalue weighted by molar-refractivity contribution is 7.10. The Morgan fingerprint density at radius 3 is 2.75 bits per heavy atom. The summed E-state index contributed by atoms with van der Waals surface area (Å²) >= 11 is 1.60. The van der Waals surface area contributed by atoms with Crippen LogP contribution < -0.4 is 5.32 Å². The van der Waals surface area contributed by atoms with Crippen LogP contribution in [0.15, 0.2) is 11.4 Å². The van der Waals surface area contributed by atoms with E-state index in [4.69, 9.17) is 0 Å². The van der Waals surface area contributed by atoms with Crippen LogP contribution in [-0.2, 0) is 11.2 Å². The fourth-order valence-electron chi connectivity index (χ4n) is 2.37. The van der Waals surface area contributed by atoms with Crippen LogP contribution in [0.3, 0.4) is 0 Å². The van der Waals surface area contributed by atoms with E-state index < -0.39 is 0 Å². The number of hydrogen-bond donors (Lipinski definition) is 1. The minimum Gasteiger partial charge on any atom is -0.351 e. The Kier molecular flexibility index (Phi) is 5.59. The summed E-state index contributed by atoms with van der Waals surface area (Å²) in [6, 6.07) is 1.92. The van der Waals surface area contributed by atoms with Gasteiger partial charge in [-0.25, -0.2) is 0 Å². The number of nitrogens with zero attached hydrogens (tertiary/aromatic N) is 1. The van der Waals surface area contributed by atoms with Gasteiger partial charge in [-0.3, -0.25) is 9.59 Å². The lowest BCUT2D eigenvalue weighted by Crippen LogP contribution is -2.37. The molecule has 2 heterocycles. The predicted octanol–water partition coefficient (Wildman–Crippen LogP) is 2.69. The number of rotatable bonds is 5. The molecule has 0 aromatic carbocycles. The van der Waals surface area contributed by atoms with E-state index in [0.717, 1.165) is 32.4 Å². The lowest BCUT2D eigenvalue weighted by molar-refractivity contribution is -0.131. The average molecular weight is 296 g/mol. The first-order valence-electron chi connectivity index (χ1n) is 7.34. The summed E-state index contributed by atoms with van der Waals surface area (Å²) in [6.45, 7) is 4.24. The second-order valence-corrected chi connectivity index (χ2v) is 6.10. The summed E-state index contributed by atoms with van der Waals surface area (Å²) in [5.74, 6) is 0.0805. The van der Waals surface area contributed by atoms with Crippen LogP contribution in [0.25, 0.3) is 0 Å². The fraction of sp³-hybridized carbons (Fsp3) is 0.600. The van der Waals surface area contributed by atoms with Gasteiger partial charge in [0.15, 0.2) is 0 Å². The molecule has 0 unspecified atom stereocenters. The highest BCUT2D eigenvalue weighted by atomic mass is 32.1. The Bertz CT molecular complexity index is 470. The molecule has 0 radical (unpaired) electrons. The highest BCUT2D eigenvalue weighted by Crippen LogP contribution is 2.15. The number of thiophene rings is 1. The number of hydrogen-bond acceptors (Lipinski definition) is 3. The molecule has 0 saturated carbocycles. The molecule has 1 aromatic heterocycles. The summed E-state index contributed by atoms with van der Waals surface area (Å²) < 4.78 is 0. The van der Waals surface area contributed by atoms with Gasteiger partial charge in [0, 0.05) is 37.7 Å². The van der Waals surface area contributed by atoms with Crippen molar-refractivity contribution in [3.8, 4) is 0 Å². The van der Waals surface area contributed by atoms with E-state index in [1.165, 1.54) is 11.3 Å². The molecule has 0 spiro atoms. The minimum atomic E-state index is -0.0765. The van der Waals surface area contributed by atoms with Gasteiger partial charge in [0.2, 0.25) is 5.91 Å². The third kappa shape index (κ3) is 4.07. The van der Waals surface area contributed by atoms with Crippen molar-refractivity contribution in [1.82, 2.24) is 10.2 Å². The first-order chi connectivity index (χ1) is 9.70. The molecule has 1 saturated heterocycles. The third-order valence-electron chi connectivity index (χ3n) is 3.60. The zero-order chi connectivity index (χ0) is 14.4. The summed E-state index contributed by atoms with van der Waals surface area (Å²) in [4.78, 5) is 27.0. The molecule has 20 heavy (non-hydrogen) atoms. The van der Waals surface area contributed by atoms with Crippen molar-refractivity contribution in [3.63, 3.8) is 0 Å². The standard InChI is InChI=1S/C15H22N2O2S.H2/c1-2-13-10-12(11-20-13)15(19)16-7-6-14(18)17-8-4-3-5-9-17;/h10-11H,2-9H2,1H3,(H,16,19);1H. The van der Waals surface area contributed by atoms with E-state index in [0.29, 0.717) is 18.5 Å². The van der Waals surface area contributed by atoms with Gasteiger partial charge < -0.3 is 10.2 Å². The summed E-state index contributed by atoms with van der Waals surface area (Å²) in [5, 5.41) is 4.70. The molecule has 5 heteroatoms. The van der Waals surface area contributed by atoms with E-state index in [-0.39, 0.29) is 13.2 Å². The lowest BCUT2D eigenvalue weighted by atomic mass is 10.1. The van der Waals surface area contributed by atoms with Crippen molar-refractivity contribution >= 4 is 23.2 Å². The minimum absolute atomic E-state index is 0. The van der Waals surface area contributed by atoms with Crippen LogP contribution in [0.4, 0.5) is 0 Å². The quantitative estimate of drug-likeness (QED) is 0.908. The lowest BCUT2D eigenvalue weighted by Gasteiger charge is -2.26. The van der Waals surface area contributed by atoms with Crippen LogP contribution in [0.5, 0.6) is 0 Å². The zero-order valence-electron chi connectivity index (χ0n) is 12.0. The summed E-state index contributed by atoms with van der Waals surface area (Å²) in [7, 11) is 0. The average Bonchev–Trinajstić information content (AvgIpc) is 2.97.